The molecule has 0 bridgehead atoms. The molecule has 5 nitrogen and oxygen atoms in total. The highest BCUT2D eigenvalue weighted by atomic mass is 16.4. The lowest BCUT2D eigenvalue weighted by Crippen LogP contribution is -2.42. The van der Waals surface area contributed by atoms with E-state index >= 15 is 0 Å². The zero-order valence-electron chi connectivity index (χ0n) is 19.9. The fourth-order valence-electron chi connectivity index (χ4n) is 4.54. The first-order chi connectivity index (χ1) is 17.1. The van der Waals surface area contributed by atoms with Gasteiger partial charge in [0.2, 0.25) is 5.96 Å². The van der Waals surface area contributed by atoms with Gasteiger partial charge < -0.3 is 9.32 Å². The van der Waals surface area contributed by atoms with Gasteiger partial charge in [0, 0.05) is 29.1 Å². The molecule has 5 heteroatoms. The van der Waals surface area contributed by atoms with Crippen LogP contribution in [0.15, 0.2) is 106 Å². The van der Waals surface area contributed by atoms with E-state index in [4.69, 9.17) is 4.42 Å². The Hall–Kier alpha value is -4.38. The number of para-hydroxylation sites is 1. The Balaban J connectivity index is 1.73. The van der Waals surface area contributed by atoms with Crippen LogP contribution in [0.1, 0.15) is 19.4 Å². The minimum absolute atomic E-state index is 0.274. The lowest BCUT2D eigenvalue weighted by atomic mass is 10.1. The van der Waals surface area contributed by atoms with Crippen molar-refractivity contribution in [2.45, 2.75) is 20.3 Å². The number of anilines is 3. The molecule has 1 aromatic heterocycles. The van der Waals surface area contributed by atoms with E-state index in [1.165, 1.54) is 11.6 Å². The molecule has 0 saturated carbocycles. The van der Waals surface area contributed by atoms with E-state index < -0.39 is 5.63 Å². The zero-order valence-corrected chi connectivity index (χ0v) is 19.9. The normalized spacial score (nSPS) is 11.0. The van der Waals surface area contributed by atoms with Gasteiger partial charge in [0.1, 0.15) is 0 Å². The van der Waals surface area contributed by atoms with Crippen molar-refractivity contribution in [3.8, 4) is 0 Å². The Morgan fingerprint density at radius 1 is 0.800 bits per heavy atom. The topological polar surface area (TPSA) is 60.5 Å². The van der Waals surface area contributed by atoms with Crippen LogP contribution in [0.5, 0.6) is 0 Å². The molecule has 0 fully saturated rings. The smallest absolute Gasteiger partial charge is 0.336 e. The summed E-state index contributed by atoms with van der Waals surface area (Å²) in [6.45, 7) is 4.65. The molecule has 5 aromatic rings. The third-order valence-corrected chi connectivity index (χ3v) is 6.29. The number of hydrogen-bond donors (Lipinski definition) is 1. The second kappa shape index (κ2) is 9.47. The molecule has 0 saturated heterocycles. The third-order valence-electron chi connectivity index (χ3n) is 6.29. The van der Waals surface area contributed by atoms with Gasteiger partial charge in [-0.25, -0.2) is 4.79 Å². The lowest BCUT2D eigenvalue weighted by Gasteiger charge is -2.34. The van der Waals surface area contributed by atoms with Crippen molar-refractivity contribution in [3.05, 3.63) is 113 Å². The van der Waals surface area contributed by atoms with Crippen molar-refractivity contribution in [2.75, 3.05) is 16.3 Å². The number of benzene rings is 4. The summed E-state index contributed by atoms with van der Waals surface area (Å²) < 4.78 is 5.61. The van der Waals surface area contributed by atoms with Crippen LogP contribution in [0.2, 0.25) is 0 Å². The summed E-state index contributed by atoms with van der Waals surface area (Å²) in [6, 6.07) is 31.6. The molecule has 0 radical (unpaired) electrons. The maximum Gasteiger partial charge on any atom is 0.336 e. The van der Waals surface area contributed by atoms with E-state index in [0.29, 0.717) is 17.8 Å². The molecule has 5 rings (SSSR count). The molecule has 0 aliphatic rings. The van der Waals surface area contributed by atoms with Crippen LogP contribution in [0, 0.1) is 5.41 Å². The van der Waals surface area contributed by atoms with Crippen LogP contribution < -0.4 is 15.4 Å². The third kappa shape index (κ3) is 4.17. The predicted octanol–water partition coefficient (Wildman–Crippen LogP) is 7.11. The van der Waals surface area contributed by atoms with Crippen molar-refractivity contribution in [2.24, 2.45) is 0 Å². The van der Waals surface area contributed by atoms with Crippen LogP contribution in [0.25, 0.3) is 21.7 Å². The Morgan fingerprint density at radius 2 is 1.51 bits per heavy atom. The van der Waals surface area contributed by atoms with E-state index in [-0.39, 0.29) is 5.96 Å². The number of aryl methyl sites for hydroxylation is 1. The number of hydrogen-bond acceptors (Lipinski definition) is 3. The van der Waals surface area contributed by atoms with Gasteiger partial charge in [-0.15, -0.1) is 0 Å². The molecule has 174 valence electrons. The van der Waals surface area contributed by atoms with Gasteiger partial charge in [0.05, 0.1) is 11.4 Å². The maximum absolute atomic E-state index is 12.1. The maximum atomic E-state index is 12.1. The molecular weight excluding hydrogens is 434 g/mol. The van der Waals surface area contributed by atoms with Crippen LogP contribution >= 0.6 is 0 Å². The monoisotopic (exact) mass is 461 g/mol. The van der Waals surface area contributed by atoms with E-state index in [0.717, 1.165) is 34.0 Å². The number of nitrogens with zero attached hydrogens (tertiary/aromatic N) is 2. The van der Waals surface area contributed by atoms with Gasteiger partial charge >= 0.3 is 5.63 Å². The van der Waals surface area contributed by atoms with Crippen LogP contribution in [0.3, 0.4) is 0 Å². The van der Waals surface area contributed by atoms with Crippen molar-refractivity contribution < 1.29 is 4.42 Å². The molecule has 0 amide bonds. The number of guanidine groups is 1. The van der Waals surface area contributed by atoms with Crippen molar-refractivity contribution >= 4 is 44.8 Å². The quantitative estimate of drug-likeness (QED) is 0.172. The summed E-state index contributed by atoms with van der Waals surface area (Å²) in [4.78, 5) is 15.9. The van der Waals surface area contributed by atoms with Crippen molar-refractivity contribution in [3.63, 3.8) is 0 Å². The standard InChI is InChI=1S/C30H27N3O2/c1-3-21-10-7-14-24(20-21)33(26-16-8-12-22-11-5-6-15-25(22)26)30(31)32(4-2)27-17-9-13-23-18-19-28(34)35-29(23)27/h5-20,31H,3-4H2,1-2H3. The minimum atomic E-state index is -0.408. The summed E-state index contributed by atoms with van der Waals surface area (Å²) in [6.07, 6.45) is 0.899. The number of rotatable bonds is 5. The van der Waals surface area contributed by atoms with Crippen molar-refractivity contribution in [1.29, 1.82) is 5.41 Å². The first-order valence-electron chi connectivity index (χ1n) is 11.9. The summed E-state index contributed by atoms with van der Waals surface area (Å²) in [5.41, 5.74) is 3.78. The molecule has 0 atom stereocenters. The van der Waals surface area contributed by atoms with Crippen LogP contribution in [0.4, 0.5) is 17.1 Å². The van der Waals surface area contributed by atoms with E-state index in [1.54, 1.807) is 6.07 Å². The fourth-order valence-corrected chi connectivity index (χ4v) is 4.54. The van der Waals surface area contributed by atoms with E-state index in [9.17, 15) is 10.2 Å². The Labute approximate surface area is 204 Å². The molecule has 1 heterocycles. The molecule has 1 N–H and O–H groups in total. The van der Waals surface area contributed by atoms with Gasteiger partial charge in [-0.2, -0.15) is 0 Å². The molecule has 0 unspecified atom stereocenters. The Morgan fingerprint density at radius 3 is 2.31 bits per heavy atom. The van der Waals surface area contributed by atoms with E-state index in [1.807, 2.05) is 71.3 Å². The molecule has 4 aromatic carbocycles. The second-order valence-corrected chi connectivity index (χ2v) is 8.37. The van der Waals surface area contributed by atoms with Gasteiger partial charge in [-0.1, -0.05) is 67.6 Å². The molecule has 35 heavy (non-hydrogen) atoms. The first kappa shape index (κ1) is 22.4. The predicted molar refractivity (Wildman–Crippen MR) is 145 cm³/mol. The average Bonchev–Trinajstić information content (AvgIpc) is 2.90. The Kier molecular flexibility index (Phi) is 6.06. The zero-order chi connectivity index (χ0) is 24.4. The van der Waals surface area contributed by atoms with Gasteiger partial charge in [-0.3, -0.25) is 10.3 Å². The largest absolute Gasteiger partial charge is 0.420 e. The summed E-state index contributed by atoms with van der Waals surface area (Å²) in [5, 5.41) is 12.5. The van der Waals surface area contributed by atoms with Gasteiger partial charge in [0.15, 0.2) is 5.58 Å². The lowest BCUT2D eigenvalue weighted by molar-refractivity contribution is 0.561. The molecule has 0 aliphatic heterocycles. The summed E-state index contributed by atoms with van der Waals surface area (Å²) in [5.74, 6) is 0.274. The number of nitrogens with one attached hydrogen (secondary N) is 1. The number of fused-ring (bicyclic) bond motifs is 2. The minimum Gasteiger partial charge on any atom is -0.420 e. The second-order valence-electron chi connectivity index (χ2n) is 8.37. The van der Waals surface area contributed by atoms with Crippen LogP contribution in [-0.4, -0.2) is 12.5 Å². The fraction of sp³-hybridized carbons (Fsp3) is 0.133. The van der Waals surface area contributed by atoms with Gasteiger partial charge in [0.25, 0.3) is 0 Å². The average molecular weight is 462 g/mol. The molecule has 0 spiro atoms. The Bertz CT molecular complexity index is 1580. The van der Waals surface area contributed by atoms with Crippen LogP contribution in [-0.2, 0) is 6.42 Å². The first-order valence-corrected chi connectivity index (χ1v) is 11.9. The highest BCUT2D eigenvalue weighted by Gasteiger charge is 2.24. The highest BCUT2D eigenvalue weighted by Crippen LogP contribution is 2.35. The summed E-state index contributed by atoms with van der Waals surface area (Å²) in [7, 11) is 0. The molecular formula is C30H27N3O2. The SMILES string of the molecule is CCc1cccc(N(C(=N)N(CC)c2cccc3ccc(=O)oc23)c2cccc3ccccc23)c1. The molecule has 0 aliphatic carbocycles. The highest BCUT2D eigenvalue weighted by molar-refractivity contribution is 6.16. The van der Waals surface area contributed by atoms with Crippen molar-refractivity contribution in [1.82, 2.24) is 0 Å². The summed E-state index contributed by atoms with van der Waals surface area (Å²) >= 11 is 0. The van der Waals surface area contributed by atoms with E-state index in [2.05, 4.69) is 37.3 Å². The van der Waals surface area contributed by atoms with Gasteiger partial charge in [-0.05, 0) is 54.6 Å².